The fourth-order valence-electron chi connectivity index (χ4n) is 2.74. The molecule has 1 aliphatic rings. The maximum atomic E-state index is 4.22. The second kappa shape index (κ2) is 5.57. The van der Waals surface area contributed by atoms with Gasteiger partial charge in [0.1, 0.15) is 0 Å². The van der Waals surface area contributed by atoms with Crippen LogP contribution in [0.1, 0.15) is 31.4 Å². The summed E-state index contributed by atoms with van der Waals surface area (Å²) in [4.78, 5) is 2.45. The fourth-order valence-corrected chi connectivity index (χ4v) is 2.74. The molecule has 1 aliphatic heterocycles. The Labute approximate surface area is 120 Å². The van der Waals surface area contributed by atoms with Gasteiger partial charge in [0.05, 0.1) is 12.2 Å². The van der Waals surface area contributed by atoms with Gasteiger partial charge in [0.15, 0.2) is 0 Å². The molecule has 1 aromatic carbocycles. The van der Waals surface area contributed by atoms with Crippen molar-refractivity contribution in [3.05, 3.63) is 42.2 Å². The molecule has 0 aliphatic carbocycles. The van der Waals surface area contributed by atoms with E-state index in [-0.39, 0.29) is 6.04 Å². The van der Waals surface area contributed by atoms with Gasteiger partial charge in [-0.1, -0.05) is 0 Å². The third kappa shape index (κ3) is 2.79. The van der Waals surface area contributed by atoms with Gasteiger partial charge in [-0.05, 0) is 44.0 Å². The molecule has 4 heteroatoms. The van der Waals surface area contributed by atoms with Gasteiger partial charge in [0.2, 0.25) is 0 Å². The fraction of sp³-hybridized carbons (Fsp3) is 0.438. The summed E-state index contributed by atoms with van der Waals surface area (Å²) < 4.78 is 1.84. The molecule has 2 aromatic rings. The quantitative estimate of drug-likeness (QED) is 0.926. The number of anilines is 2. The molecule has 2 heterocycles. The molecule has 1 unspecified atom stereocenters. The van der Waals surface area contributed by atoms with E-state index < -0.39 is 0 Å². The molecule has 0 spiro atoms. The lowest BCUT2D eigenvalue weighted by atomic mass is 10.1. The molecule has 1 atom stereocenters. The van der Waals surface area contributed by atoms with E-state index in [1.165, 1.54) is 37.2 Å². The Hall–Kier alpha value is -1.97. The number of aryl methyl sites for hydroxylation is 1. The van der Waals surface area contributed by atoms with Gasteiger partial charge >= 0.3 is 0 Å². The summed E-state index contributed by atoms with van der Waals surface area (Å²) in [6, 6.07) is 9.02. The van der Waals surface area contributed by atoms with Crippen LogP contribution in [0.4, 0.5) is 11.4 Å². The molecule has 106 valence electrons. The highest BCUT2D eigenvalue weighted by atomic mass is 15.2. The van der Waals surface area contributed by atoms with Crippen molar-refractivity contribution >= 4 is 11.4 Å². The minimum absolute atomic E-state index is 0.265. The maximum absolute atomic E-state index is 4.22. The van der Waals surface area contributed by atoms with Crippen LogP contribution in [-0.2, 0) is 7.05 Å². The molecule has 0 bridgehead atoms. The van der Waals surface area contributed by atoms with Crippen LogP contribution in [0, 0.1) is 0 Å². The van der Waals surface area contributed by atoms with Gasteiger partial charge < -0.3 is 10.2 Å². The lowest BCUT2D eigenvalue weighted by Crippen LogP contribution is -2.17. The van der Waals surface area contributed by atoms with Crippen LogP contribution in [0.3, 0.4) is 0 Å². The van der Waals surface area contributed by atoms with E-state index in [0.717, 1.165) is 5.69 Å². The summed E-state index contributed by atoms with van der Waals surface area (Å²) >= 11 is 0. The highest BCUT2D eigenvalue weighted by Crippen LogP contribution is 2.24. The maximum Gasteiger partial charge on any atom is 0.0542 e. The number of nitrogens with zero attached hydrogens (tertiary/aromatic N) is 3. The molecule has 20 heavy (non-hydrogen) atoms. The van der Waals surface area contributed by atoms with Crippen LogP contribution >= 0.6 is 0 Å². The summed E-state index contributed by atoms with van der Waals surface area (Å²) in [6.45, 7) is 4.54. The summed E-state index contributed by atoms with van der Waals surface area (Å²) in [6.07, 6.45) is 6.60. The molecule has 1 saturated heterocycles. The van der Waals surface area contributed by atoms with Crippen LogP contribution < -0.4 is 10.2 Å². The number of nitrogens with one attached hydrogen (secondary N) is 1. The van der Waals surface area contributed by atoms with E-state index in [1.54, 1.807) is 0 Å². The molecular weight excluding hydrogens is 248 g/mol. The predicted molar refractivity (Wildman–Crippen MR) is 83.1 cm³/mol. The highest BCUT2D eigenvalue weighted by molar-refractivity contribution is 5.56. The van der Waals surface area contributed by atoms with Crippen molar-refractivity contribution in [2.24, 2.45) is 7.05 Å². The van der Waals surface area contributed by atoms with Crippen LogP contribution in [-0.4, -0.2) is 22.9 Å². The van der Waals surface area contributed by atoms with E-state index in [1.807, 2.05) is 17.9 Å². The molecule has 1 N–H and O–H groups in total. The first-order valence-electron chi connectivity index (χ1n) is 7.32. The molecule has 0 radical (unpaired) electrons. The van der Waals surface area contributed by atoms with Crippen molar-refractivity contribution in [3.8, 4) is 0 Å². The monoisotopic (exact) mass is 270 g/mol. The third-order valence-electron chi connectivity index (χ3n) is 3.95. The largest absolute Gasteiger partial charge is 0.378 e. The zero-order chi connectivity index (χ0) is 13.9. The first-order chi connectivity index (χ1) is 9.72. The van der Waals surface area contributed by atoms with Crippen molar-refractivity contribution in [2.45, 2.75) is 25.8 Å². The van der Waals surface area contributed by atoms with Crippen molar-refractivity contribution < 1.29 is 0 Å². The van der Waals surface area contributed by atoms with Crippen molar-refractivity contribution in [3.63, 3.8) is 0 Å². The minimum Gasteiger partial charge on any atom is -0.378 e. The summed E-state index contributed by atoms with van der Waals surface area (Å²) in [7, 11) is 1.95. The Kier molecular flexibility index (Phi) is 3.63. The first-order valence-corrected chi connectivity index (χ1v) is 7.32. The normalized spacial score (nSPS) is 16.4. The Balaban J connectivity index is 1.65. The van der Waals surface area contributed by atoms with Crippen LogP contribution in [0.25, 0.3) is 0 Å². The standard InChI is InChI=1S/C16H22N4/c1-13(14-11-17-19(2)12-14)18-15-5-7-16(8-6-15)20-9-3-4-10-20/h5-8,11-13,18H,3-4,9-10H2,1-2H3. The van der Waals surface area contributed by atoms with Crippen LogP contribution in [0.2, 0.25) is 0 Å². The summed E-state index contributed by atoms with van der Waals surface area (Å²) in [5.74, 6) is 0. The number of aromatic nitrogens is 2. The number of hydrogen-bond acceptors (Lipinski definition) is 3. The number of hydrogen-bond donors (Lipinski definition) is 1. The van der Waals surface area contributed by atoms with Gasteiger partial charge in [-0.2, -0.15) is 5.10 Å². The average molecular weight is 270 g/mol. The lowest BCUT2D eigenvalue weighted by Gasteiger charge is -2.19. The number of benzene rings is 1. The zero-order valence-electron chi connectivity index (χ0n) is 12.2. The molecule has 0 saturated carbocycles. The van der Waals surface area contributed by atoms with Crippen LogP contribution in [0.5, 0.6) is 0 Å². The third-order valence-corrected chi connectivity index (χ3v) is 3.95. The van der Waals surface area contributed by atoms with Crippen molar-refractivity contribution in [1.29, 1.82) is 0 Å². The van der Waals surface area contributed by atoms with Gasteiger partial charge in [0.25, 0.3) is 0 Å². The molecule has 3 rings (SSSR count). The van der Waals surface area contributed by atoms with Gasteiger partial charge in [-0.3, -0.25) is 4.68 Å². The lowest BCUT2D eigenvalue weighted by molar-refractivity contribution is 0.765. The Morgan fingerprint density at radius 2 is 1.85 bits per heavy atom. The first kappa shape index (κ1) is 13.0. The smallest absolute Gasteiger partial charge is 0.0542 e. The SMILES string of the molecule is CC(Nc1ccc(N2CCCC2)cc1)c1cnn(C)c1. The molecular formula is C16H22N4. The second-order valence-electron chi connectivity index (χ2n) is 5.55. The average Bonchev–Trinajstić information content (AvgIpc) is 3.10. The van der Waals surface area contributed by atoms with Crippen LogP contribution in [0.15, 0.2) is 36.7 Å². The summed E-state index contributed by atoms with van der Waals surface area (Å²) in [5, 5.41) is 7.73. The van der Waals surface area contributed by atoms with Gasteiger partial charge in [-0.15, -0.1) is 0 Å². The molecule has 4 nitrogen and oxygen atoms in total. The Morgan fingerprint density at radius 3 is 2.45 bits per heavy atom. The Morgan fingerprint density at radius 1 is 1.15 bits per heavy atom. The zero-order valence-corrected chi connectivity index (χ0v) is 12.2. The van der Waals surface area contributed by atoms with E-state index in [9.17, 15) is 0 Å². The van der Waals surface area contributed by atoms with Crippen molar-refractivity contribution in [2.75, 3.05) is 23.3 Å². The predicted octanol–water partition coefficient (Wildman–Crippen LogP) is 3.19. The molecule has 1 aromatic heterocycles. The van der Waals surface area contributed by atoms with Crippen molar-refractivity contribution in [1.82, 2.24) is 9.78 Å². The Bertz CT molecular complexity index is 552. The highest BCUT2D eigenvalue weighted by Gasteiger charge is 2.12. The minimum atomic E-state index is 0.265. The van der Waals surface area contributed by atoms with E-state index in [2.05, 4.69) is 52.7 Å². The van der Waals surface area contributed by atoms with E-state index in [4.69, 9.17) is 0 Å². The van der Waals surface area contributed by atoms with E-state index in [0.29, 0.717) is 0 Å². The summed E-state index contributed by atoms with van der Waals surface area (Å²) in [5.41, 5.74) is 3.70. The van der Waals surface area contributed by atoms with E-state index >= 15 is 0 Å². The molecule has 0 amide bonds. The van der Waals surface area contributed by atoms with Gasteiger partial charge in [0, 0.05) is 43.3 Å². The number of rotatable bonds is 4. The van der Waals surface area contributed by atoms with Gasteiger partial charge in [-0.25, -0.2) is 0 Å². The topological polar surface area (TPSA) is 33.1 Å². The second-order valence-corrected chi connectivity index (χ2v) is 5.55. The molecule has 1 fully saturated rings.